The van der Waals surface area contributed by atoms with Crippen molar-refractivity contribution >= 4 is 37.3 Å². The molecule has 0 radical (unpaired) electrons. The van der Waals surface area contributed by atoms with Crippen LogP contribution in [0.2, 0.25) is 0 Å². The molecule has 1 aromatic heterocycles. The fraction of sp³-hybridized carbons (Fsp3) is 0.200. The number of nitrogens with two attached hydrogens (primary N) is 1. The smallest absolute Gasteiger partial charge is 0.281 e. The minimum Gasteiger partial charge on any atom is -0.399 e. The van der Waals surface area contributed by atoms with Crippen molar-refractivity contribution in [3.8, 4) is 0 Å². The Kier molecular flexibility index (Phi) is 3.50. The van der Waals surface area contributed by atoms with E-state index in [1.165, 1.54) is 11.7 Å². The van der Waals surface area contributed by atoms with Crippen molar-refractivity contribution < 1.29 is 8.42 Å². The predicted octanol–water partition coefficient (Wildman–Crippen LogP) is 1.27. The summed E-state index contributed by atoms with van der Waals surface area (Å²) in [6.45, 7) is 1.80. The summed E-state index contributed by atoms with van der Waals surface area (Å²) >= 11 is 3.06. The van der Waals surface area contributed by atoms with Gasteiger partial charge in [0.25, 0.3) is 10.0 Å². The number of aromatic nitrogens is 3. The normalized spacial score (nSPS) is 11.5. The Morgan fingerprint density at radius 3 is 2.63 bits per heavy atom. The Labute approximate surface area is 119 Å². The summed E-state index contributed by atoms with van der Waals surface area (Å²) in [6, 6.07) is 4.89. The van der Waals surface area contributed by atoms with Crippen molar-refractivity contribution in [2.45, 2.75) is 11.9 Å². The lowest BCUT2D eigenvalue weighted by molar-refractivity contribution is 0.578. The van der Waals surface area contributed by atoms with Gasteiger partial charge in [-0.1, -0.05) is 5.21 Å². The van der Waals surface area contributed by atoms with Gasteiger partial charge in [0.2, 0.25) is 5.03 Å². The van der Waals surface area contributed by atoms with Crippen LogP contribution in [0.4, 0.5) is 11.4 Å². The van der Waals surface area contributed by atoms with E-state index in [0.717, 1.165) is 5.56 Å². The Bertz CT molecular complexity index is 706. The first-order chi connectivity index (χ1) is 8.81. The van der Waals surface area contributed by atoms with E-state index in [1.807, 2.05) is 0 Å². The quantitative estimate of drug-likeness (QED) is 0.815. The maximum Gasteiger partial charge on any atom is 0.281 e. The van der Waals surface area contributed by atoms with E-state index in [-0.39, 0.29) is 9.63 Å². The number of anilines is 2. The van der Waals surface area contributed by atoms with Gasteiger partial charge < -0.3 is 5.73 Å². The number of hydrogen-bond donors (Lipinski definition) is 2. The number of nitrogens with zero attached hydrogens (tertiary/aromatic N) is 3. The monoisotopic (exact) mass is 345 g/mol. The molecule has 9 heteroatoms. The largest absolute Gasteiger partial charge is 0.399 e. The van der Waals surface area contributed by atoms with E-state index in [4.69, 9.17) is 5.73 Å². The highest BCUT2D eigenvalue weighted by atomic mass is 79.9. The highest BCUT2D eigenvalue weighted by Gasteiger charge is 2.24. The first-order valence-corrected chi connectivity index (χ1v) is 7.53. The molecular weight excluding hydrogens is 334 g/mol. The highest BCUT2D eigenvalue weighted by molar-refractivity contribution is 9.10. The predicted molar refractivity (Wildman–Crippen MR) is 75.1 cm³/mol. The van der Waals surface area contributed by atoms with Gasteiger partial charge >= 0.3 is 0 Å². The Balaban J connectivity index is 2.39. The summed E-state index contributed by atoms with van der Waals surface area (Å²) in [5, 5.41) is 7.24. The van der Waals surface area contributed by atoms with Crippen molar-refractivity contribution in [3.63, 3.8) is 0 Å². The molecule has 102 valence electrons. The van der Waals surface area contributed by atoms with Gasteiger partial charge in [0.1, 0.15) is 0 Å². The standard InChI is InChI=1S/C10H12BrN5O2S/c1-6-5-7(3-4-8(6)12)14-19(17,18)10-9(11)13-15-16(10)2/h3-5,14H,12H2,1-2H3. The molecule has 19 heavy (non-hydrogen) atoms. The second-order valence-corrected chi connectivity index (χ2v) is 6.33. The average Bonchev–Trinajstić information content (AvgIpc) is 2.64. The fourth-order valence-electron chi connectivity index (χ4n) is 1.55. The van der Waals surface area contributed by atoms with Gasteiger partial charge in [-0.2, -0.15) is 8.42 Å². The average molecular weight is 346 g/mol. The second kappa shape index (κ2) is 4.82. The molecule has 0 aliphatic rings. The minimum atomic E-state index is -3.76. The fourth-order valence-corrected chi connectivity index (χ4v) is 3.70. The van der Waals surface area contributed by atoms with Crippen LogP contribution in [-0.4, -0.2) is 23.4 Å². The molecule has 3 N–H and O–H groups in total. The molecule has 0 spiro atoms. The highest BCUT2D eigenvalue weighted by Crippen LogP contribution is 2.23. The molecule has 0 aliphatic heterocycles. The molecule has 1 heterocycles. The van der Waals surface area contributed by atoms with Crippen LogP contribution < -0.4 is 10.5 Å². The van der Waals surface area contributed by atoms with Gasteiger partial charge in [0, 0.05) is 18.4 Å². The Hall–Kier alpha value is -1.61. The van der Waals surface area contributed by atoms with Crippen molar-refractivity contribution in [2.75, 3.05) is 10.5 Å². The molecule has 0 bridgehead atoms. The van der Waals surface area contributed by atoms with Crippen LogP contribution in [0.1, 0.15) is 5.56 Å². The molecule has 0 amide bonds. The third kappa shape index (κ3) is 2.71. The van der Waals surface area contributed by atoms with E-state index in [9.17, 15) is 8.42 Å². The van der Waals surface area contributed by atoms with Gasteiger partial charge in [-0.25, -0.2) is 4.68 Å². The van der Waals surface area contributed by atoms with Gasteiger partial charge in [0.05, 0.1) is 0 Å². The zero-order valence-electron chi connectivity index (χ0n) is 10.3. The van der Waals surface area contributed by atoms with Crippen LogP contribution >= 0.6 is 15.9 Å². The van der Waals surface area contributed by atoms with Crippen molar-refractivity contribution in [1.29, 1.82) is 0 Å². The molecule has 2 rings (SSSR count). The molecule has 0 aliphatic carbocycles. The van der Waals surface area contributed by atoms with Gasteiger partial charge in [0.15, 0.2) is 4.60 Å². The summed E-state index contributed by atoms with van der Waals surface area (Å²) in [5.74, 6) is 0. The minimum absolute atomic E-state index is 0.0398. The summed E-state index contributed by atoms with van der Waals surface area (Å²) < 4.78 is 28.2. The third-order valence-corrected chi connectivity index (χ3v) is 4.78. The van der Waals surface area contributed by atoms with Crippen LogP contribution in [0.25, 0.3) is 0 Å². The molecule has 2 aromatic rings. The zero-order chi connectivity index (χ0) is 14.2. The maximum absolute atomic E-state index is 12.2. The summed E-state index contributed by atoms with van der Waals surface area (Å²) in [4.78, 5) is 0. The van der Waals surface area contributed by atoms with E-state index in [2.05, 4.69) is 31.0 Å². The van der Waals surface area contributed by atoms with Crippen LogP contribution in [0.3, 0.4) is 0 Å². The van der Waals surface area contributed by atoms with E-state index in [0.29, 0.717) is 11.4 Å². The third-order valence-electron chi connectivity index (χ3n) is 2.51. The van der Waals surface area contributed by atoms with E-state index >= 15 is 0 Å². The molecule has 1 aromatic carbocycles. The van der Waals surface area contributed by atoms with Crippen LogP contribution in [0.15, 0.2) is 27.8 Å². The SMILES string of the molecule is Cc1cc(NS(=O)(=O)c2c(Br)nnn2C)ccc1N. The summed E-state index contributed by atoms with van der Waals surface area (Å²) in [6.07, 6.45) is 0. The molecule has 0 saturated heterocycles. The maximum atomic E-state index is 12.2. The molecule has 0 unspecified atom stereocenters. The van der Waals surface area contributed by atoms with Gasteiger partial charge in [-0.05, 0) is 46.6 Å². The number of nitrogen functional groups attached to an aromatic ring is 1. The van der Waals surface area contributed by atoms with Gasteiger partial charge in [-0.15, -0.1) is 5.10 Å². The van der Waals surface area contributed by atoms with Crippen molar-refractivity contribution in [1.82, 2.24) is 15.0 Å². The Morgan fingerprint density at radius 2 is 2.11 bits per heavy atom. The van der Waals surface area contributed by atoms with E-state index < -0.39 is 10.0 Å². The Morgan fingerprint density at radius 1 is 1.42 bits per heavy atom. The molecular formula is C10H12BrN5O2S. The zero-order valence-corrected chi connectivity index (χ0v) is 12.7. The molecule has 0 atom stereocenters. The number of aryl methyl sites for hydroxylation is 2. The number of hydrogen-bond acceptors (Lipinski definition) is 5. The van der Waals surface area contributed by atoms with Crippen LogP contribution in [0.5, 0.6) is 0 Å². The van der Waals surface area contributed by atoms with Crippen LogP contribution in [-0.2, 0) is 17.1 Å². The number of nitrogens with one attached hydrogen (secondary N) is 1. The van der Waals surface area contributed by atoms with Gasteiger partial charge in [-0.3, -0.25) is 4.72 Å². The molecule has 7 nitrogen and oxygen atoms in total. The first kappa shape index (κ1) is 13.8. The molecule has 0 saturated carbocycles. The second-order valence-electron chi connectivity index (χ2n) is 3.99. The number of benzene rings is 1. The summed E-state index contributed by atoms with van der Waals surface area (Å²) in [7, 11) is -2.26. The van der Waals surface area contributed by atoms with Crippen molar-refractivity contribution in [2.24, 2.45) is 7.05 Å². The van der Waals surface area contributed by atoms with Crippen molar-refractivity contribution in [3.05, 3.63) is 28.4 Å². The lowest BCUT2D eigenvalue weighted by atomic mass is 10.2. The topological polar surface area (TPSA) is 103 Å². The van der Waals surface area contributed by atoms with E-state index in [1.54, 1.807) is 25.1 Å². The van der Waals surface area contributed by atoms with Crippen LogP contribution in [0, 0.1) is 6.92 Å². The molecule has 0 fully saturated rings. The number of sulfonamides is 1. The summed E-state index contributed by atoms with van der Waals surface area (Å²) in [5.41, 5.74) is 7.51. The number of rotatable bonds is 3. The lowest BCUT2D eigenvalue weighted by Crippen LogP contribution is -2.17. The number of halogens is 1. The lowest BCUT2D eigenvalue weighted by Gasteiger charge is -2.09. The first-order valence-electron chi connectivity index (χ1n) is 5.25.